The highest BCUT2D eigenvalue weighted by Crippen LogP contribution is 2.30. The highest BCUT2D eigenvalue weighted by Gasteiger charge is 2.24. The van der Waals surface area contributed by atoms with E-state index in [-0.39, 0.29) is 42.5 Å². The molecule has 0 saturated heterocycles. The van der Waals surface area contributed by atoms with Gasteiger partial charge in [-0.2, -0.15) is 0 Å². The molecule has 232 valence electrons. The van der Waals surface area contributed by atoms with Crippen molar-refractivity contribution in [2.75, 3.05) is 6.61 Å². The van der Waals surface area contributed by atoms with E-state index in [9.17, 15) is 19.2 Å². The molecule has 0 radical (unpaired) electrons. The van der Waals surface area contributed by atoms with Crippen LogP contribution in [0.25, 0.3) is 0 Å². The van der Waals surface area contributed by atoms with E-state index in [0.717, 1.165) is 0 Å². The zero-order chi connectivity index (χ0) is 31.3. The van der Waals surface area contributed by atoms with E-state index in [1.165, 1.54) is 12.1 Å². The molecule has 0 saturated carbocycles. The Labute approximate surface area is 242 Å². The van der Waals surface area contributed by atoms with Gasteiger partial charge in [0.2, 0.25) is 0 Å². The van der Waals surface area contributed by atoms with Crippen LogP contribution in [-0.4, -0.2) is 61.5 Å². The predicted molar refractivity (Wildman–Crippen MR) is 149 cm³/mol. The molecule has 0 bridgehead atoms. The van der Waals surface area contributed by atoms with Crippen molar-refractivity contribution in [3.05, 3.63) is 23.8 Å². The van der Waals surface area contributed by atoms with Gasteiger partial charge in [0.25, 0.3) is 0 Å². The highest BCUT2D eigenvalue weighted by atomic mass is 16.8. The summed E-state index contributed by atoms with van der Waals surface area (Å²) >= 11 is 0. The van der Waals surface area contributed by atoms with Crippen LogP contribution < -0.4 is 15.2 Å². The smallest absolute Gasteiger partial charge is 0.458 e. The van der Waals surface area contributed by atoms with Gasteiger partial charge in [0, 0.05) is 0 Å². The molecule has 0 aliphatic carbocycles. The third-order valence-electron chi connectivity index (χ3n) is 6.22. The van der Waals surface area contributed by atoms with Crippen molar-refractivity contribution < 1.29 is 52.3 Å². The molecule has 0 aliphatic heterocycles. The van der Waals surface area contributed by atoms with Crippen molar-refractivity contribution in [1.29, 1.82) is 0 Å². The van der Waals surface area contributed by atoms with Crippen molar-refractivity contribution in [2.24, 2.45) is 17.6 Å². The number of hydrogen-bond donors (Lipinski definition) is 1. The molecule has 0 heterocycles. The second-order valence-electron chi connectivity index (χ2n) is 10.6. The summed E-state index contributed by atoms with van der Waals surface area (Å²) in [5.41, 5.74) is 6.52. The Hall–Kier alpha value is -3.54. The van der Waals surface area contributed by atoms with Crippen LogP contribution in [0.5, 0.6) is 11.5 Å². The molecule has 41 heavy (non-hydrogen) atoms. The lowest BCUT2D eigenvalue weighted by Gasteiger charge is -2.19. The van der Waals surface area contributed by atoms with E-state index in [4.69, 9.17) is 38.9 Å². The van der Waals surface area contributed by atoms with Gasteiger partial charge in [-0.15, -0.1) is 0 Å². The largest absolute Gasteiger partial charge is 0.514 e. The molecule has 0 aromatic heterocycles. The summed E-state index contributed by atoms with van der Waals surface area (Å²) in [4.78, 5) is 48.9. The molecular weight excluding hydrogens is 538 g/mol. The fourth-order valence-electron chi connectivity index (χ4n) is 2.77. The number of nitrogens with two attached hydrogens (primary N) is 1. The number of esters is 1. The highest BCUT2D eigenvalue weighted by molar-refractivity contribution is 5.76. The summed E-state index contributed by atoms with van der Waals surface area (Å²) in [6.07, 6.45) is -4.12. The first-order valence-electron chi connectivity index (χ1n) is 13.8. The lowest BCUT2D eigenvalue weighted by molar-refractivity contribution is -0.152. The van der Waals surface area contributed by atoms with Crippen LogP contribution in [0.4, 0.5) is 14.4 Å². The molecule has 0 amide bonds. The van der Waals surface area contributed by atoms with Crippen LogP contribution in [-0.2, 0) is 34.9 Å². The van der Waals surface area contributed by atoms with Gasteiger partial charge in [0.1, 0.15) is 37.1 Å². The first-order chi connectivity index (χ1) is 19.1. The van der Waals surface area contributed by atoms with Gasteiger partial charge in [-0.25, -0.2) is 14.4 Å². The summed E-state index contributed by atoms with van der Waals surface area (Å²) in [5, 5.41) is 0. The molecule has 1 aromatic carbocycles. The van der Waals surface area contributed by atoms with Gasteiger partial charge in [0.05, 0.1) is 0 Å². The second kappa shape index (κ2) is 17.3. The zero-order valence-corrected chi connectivity index (χ0v) is 25.5. The molecule has 5 atom stereocenters. The molecule has 0 aliphatic rings. The van der Waals surface area contributed by atoms with E-state index in [1.54, 1.807) is 33.8 Å². The third-order valence-corrected chi connectivity index (χ3v) is 6.22. The van der Waals surface area contributed by atoms with Crippen LogP contribution in [0.3, 0.4) is 0 Å². The molecule has 0 fully saturated rings. The van der Waals surface area contributed by atoms with Gasteiger partial charge in [-0.05, 0) is 70.1 Å². The van der Waals surface area contributed by atoms with Crippen LogP contribution >= 0.6 is 0 Å². The van der Waals surface area contributed by atoms with E-state index in [2.05, 4.69) is 0 Å². The Balaban J connectivity index is 2.93. The van der Waals surface area contributed by atoms with Crippen molar-refractivity contribution in [3.8, 4) is 11.5 Å². The number of carbonyl (C=O) groups is 4. The van der Waals surface area contributed by atoms with Gasteiger partial charge >= 0.3 is 24.4 Å². The van der Waals surface area contributed by atoms with Gasteiger partial charge in [-0.3, -0.25) is 4.79 Å². The standard InChI is InChI=1S/C29H45NO11/c1-10-18(6)37-27(32)35-15-19(7)36-26(31)23(30)13-22-11-12-24(40-28(33)38-20(8)16(2)3)25(14-22)41-29(34)39-21(9)17(4)5/h11-12,14,16-21,23H,10,13,15,30H2,1-9H3/t18?,19-,20?,21?,23-/m0/s1. The molecule has 12 nitrogen and oxygen atoms in total. The molecule has 2 N–H and O–H groups in total. The summed E-state index contributed by atoms with van der Waals surface area (Å²) in [6.45, 7) is 15.9. The maximum atomic E-state index is 12.5. The van der Waals surface area contributed by atoms with Crippen molar-refractivity contribution >= 4 is 24.4 Å². The van der Waals surface area contributed by atoms with E-state index >= 15 is 0 Å². The fourth-order valence-corrected chi connectivity index (χ4v) is 2.77. The van der Waals surface area contributed by atoms with Gasteiger partial charge < -0.3 is 38.9 Å². The summed E-state index contributed by atoms with van der Waals surface area (Å²) in [7, 11) is 0. The summed E-state index contributed by atoms with van der Waals surface area (Å²) in [5.74, 6) is -0.855. The average Bonchev–Trinajstić information content (AvgIpc) is 2.88. The predicted octanol–water partition coefficient (Wildman–Crippen LogP) is 5.56. The lowest BCUT2D eigenvalue weighted by atomic mass is 10.1. The quantitative estimate of drug-likeness (QED) is 0.165. The monoisotopic (exact) mass is 583 g/mol. The Kier molecular flexibility index (Phi) is 15.0. The Morgan fingerprint density at radius 3 is 1.76 bits per heavy atom. The van der Waals surface area contributed by atoms with Gasteiger partial charge in [0.15, 0.2) is 11.5 Å². The van der Waals surface area contributed by atoms with Gasteiger partial charge in [-0.1, -0.05) is 40.7 Å². The lowest BCUT2D eigenvalue weighted by Crippen LogP contribution is -2.37. The fraction of sp³-hybridized carbons (Fsp3) is 0.655. The topological polar surface area (TPSA) is 159 Å². The number of rotatable bonds is 14. The minimum absolute atomic E-state index is 0.00855. The van der Waals surface area contributed by atoms with Crippen LogP contribution in [0.1, 0.15) is 74.3 Å². The molecule has 1 rings (SSSR count). The number of benzene rings is 1. The maximum Gasteiger partial charge on any atom is 0.514 e. The zero-order valence-electron chi connectivity index (χ0n) is 25.5. The minimum atomic E-state index is -1.10. The molecule has 0 spiro atoms. The Morgan fingerprint density at radius 1 is 0.707 bits per heavy atom. The average molecular weight is 584 g/mol. The van der Waals surface area contributed by atoms with Crippen molar-refractivity contribution in [3.63, 3.8) is 0 Å². The molecular formula is C29H45NO11. The van der Waals surface area contributed by atoms with E-state index in [0.29, 0.717) is 12.0 Å². The Bertz CT molecular complexity index is 1010. The number of ether oxygens (including phenoxy) is 7. The minimum Gasteiger partial charge on any atom is -0.458 e. The second-order valence-corrected chi connectivity index (χ2v) is 10.6. The van der Waals surface area contributed by atoms with Crippen molar-refractivity contribution in [1.82, 2.24) is 0 Å². The van der Waals surface area contributed by atoms with Crippen LogP contribution in [0.15, 0.2) is 18.2 Å². The maximum absolute atomic E-state index is 12.5. The number of carbonyl (C=O) groups excluding carboxylic acids is 4. The molecule has 12 heteroatoms. The third kappa shape index (κ3) is 13.6. The Morgan fingerprint density at radius 2 is 1.24 bits per heavy atom. The van der Waals surface area contributed by atoms with E-state index in [1.807, 2.05) is 34.6 Å². The summed E-state index contributed by atoms with van der Waals surface area (Å²) < 4.78 is 36.4. The van der Waals surface area contributed by atoms with Crippen LogP contribution in [0.2, 0.25) is 0 Å². The van der Waals surface area contributed by atoms with Crippen molar-refractivity contribution in [2.45, 2.75) is 106 Å². The normalized spacial score (nSPS) is 14.7. The molecule has 3 unspecified atom stereocenters. The summed E-state index contributed by atoms with van der Waals surface area (Å²) in [6, 6.07) is 3.24. The van der Waals surface area contributed by atoms with Crippen LogP contribution in [0, 0.1) is 11.8 Å². The first kappa shape index (κ1) is 35.5. The SMILES string of the molecule is CCC(C)OC(=O)OC[C@H](C)OC(=O)[C@@H](N)Cc1ccc(OC(=O)OC(C)C(C)C)c(OC(=O)OC(C)C(C)C)c1. The molecule has 1 aromatic rings. The number of hydrogen-bond acceptors (Lipinski definition) is 12. The van der Waals surface area contributed by atoms with E-state index < -0.39 is 48.8 Å². The first-order valence-corrected chi connectivity index (χ1v) is 13.8.